The van der Waals surface area contributed by atoms with E-state index in [2.05, 4.69) is 33.4 Å². The number of methoxy groups -OCH3 is 1. The molecule has 0 saturated carbocycles. The molecule has 0 aliphatic heterocycles. The standard InChI is InChI=1S/C15H18BrNO2/c1-19-15(18)11-7-8-12(14(16)9-11)10-17-13-5-3-2-4-6-13/h2-3,7-9,13,17H,4-6,10H2,1H3. The SMILES string of the molecule is COC(=O)c1ccc(CNC2CC=CCC2)c(Br)c1. The van der Waals surface area contributed by atoms with Crippen LogP contribution < -0.4 is 5.32 Å². The predicted octanol–water partition coefficient (Wildman–Crippen LogP) is 3.43. The summed E-state index contributed by atoms with van der Waals surface area (Å²) in [5.41, 5.74) is 1.72. The molecular weight excluding hydrogens is 306 g/mol. The van der Waals surface area contributed by atoms with E-state index in [1.165, 1.54) is 13.5 Å². The minimum absolute atomic E-state index is 0.308. The molecule has 0 fully saturated rings. The second kappa shape index (κ2) is 6.87. The van der Waals surface area contributed by atoms with Crippen molar-refractivity contribution in [1.29, 1.82) is 0 Å². The molecule has 3 nitrogen and oxygen atoms in total. The fourth-order valence-electron chi connectivity index (χ4n) is 2.17. The van der Waals surface area contributed by atoms with E-state index in [9.17, 15) is 4.79 Å². The number of hydrogen-bond acceptors (Lipinski definition) is 3. The number of benzene rings is 1. The van der Waals surface area contributed by atoms with E-state index in [4.69, 9.17) is 4.74 Å². The Labute approximate surface area is 122 Å². The average Bonchev–Trinajstić information content (AvgIpc) is 2.46. The zero-order chi connectivity index (χ0) is 13.7. The maximum Gasteiger partial charge on any atom is 0.337 e. The first-order valence-corrected chi connectivity index (χ1v) is 7.25. The molecule has 1 aromatic rings. The van der Waals surface area contributed by atoms with Crippen molar-refractivity contribution in [3.63, 3.8) is 0 Å². The lowest BCUT2D eigenvalue weighted by molar-refractivity contribution is 0.0600. The summed E-state index contributed by atoms with van der Waals surface area (Å²) < 4.78 is 5.64. The molecule has 1 N–H and O–H groups in total. The van der Waals surface area contributed by atoms with Crippen LogP contribution in [0.1, 0.15) is 35.2 Å². The van der Waals surface area contributed by atoms with Crippen LogP contribution in [0.4, 0.5) is 0 Å². The molecule has 0 saturated heterocycles. The fourth-order valence-corrected chi connectivity index (χ4v) is 2.69. The number of nitrogens with one attached hydrogen (secondary N) is 1. The molecule has 2 rings (SSSR count). The molecule has 0 aromatic heterocycles. The summed E-state index contributed by atoms with van der Waals surface area (Å²) in [6, 6.07) is 6.12. The number of rotatable bonds is 4. The van der Waals surface area contributed by atoms with Crippen molar-refractivity contribution >= 4 is 21.9 Å². The Balaban J connectivity index is 1.97. The molecule has 0 spiro atoms. The fraction of sp³-hybridized carbons (Fsp3) is 0.400. The zero-order valence-electron chi connectivity index (χ0n) is 11.0. The topological polar surface area (TPSA) is 38.3 Å². The van der Waals surface area contributed by atoms with Crippen LogP contribution in [0.15, 0.2) is 34.8 Å². The van der Waals surface area contributed by atoms with E-state index in [1.807, 2.05) is 12.1 Å². The third kappa shape index (κ3) is 3.91. The third-order valence-electron chi connectivity index (χ3n) is 3.32. The van der Waals surface area contributed by atoms with Crippen LogP contribution in [0.2, 0.25) is 0 Å². The van der Waals surface area contributed by atoms with Crippen molar-refractivity contribution in [2.45, 2.75) is 31.8 Å². The average molecular weight is 324 g/mol. The van der Waals surface area contributed by atoms with E-state index in [0.717, 1.165) is 29.4 Å². The van der Waals surface area contributed by atoms with Gasteiger partial charge in [0.2, 0.25) is 0 Å². The minimum atomic E-state index is -0.308. The Kier molecular flexibility index (Phi) is 5.16. The van der Waals surface area contributed by atoms with Crippen molar-refractivity contribution in [1.82, 2.24) is 5.32 Å². The van der Waals surface area contributed by atoms with Gasteiger partial charge in [0.05, 0.1) is 12.7 Å². The Morgan fingerprint density at radius 3 is 2.95 bits per heavy atom. The third-order valence-corrected chi connectivity index (χ3v) is 4.06. The molecule has 1 atom stereocenters. The monoisotopic (exact) mass is 323 g/mol. The highest BCUT2D eigenvalue weighted by Crippen LogP contribution is 2.20. The molecule has 1 aromatic carbocycles. The van der Waals surface area contributed by atoms with Gasteiger partial charge in [-0.25, -0.2) is 4.79 Å². The summed E-state index contributed by atoms with van der Waals surface area (Å²) in [5, 5.41) is 3.54. The highest BCUT2D eigenvalue weighted by molar-refractivity contribution is 9.10. The molecule has 1 unspecified atom stereocenters. The number of allylic oxidation sites excluding steroid dienone is 1. The van der Waals surface area contributed by atoms with Crippen LogP contribution in [0, 0.1) is 0 Å². The van der Waals surface area contributed by atoms with Crippen molar-refractivity contribution in [2.75, 3.05) is 7.11 Å². The van der Waals surface area contributed by atoms with Gasteiger partial charge in [-0.15, -0.1) is 0 Å². The van der Waals surface area contributed by atoms with Crippen molar-refractivity contribution < 1.29 is 9.53 Å². The van der Waals surface area contributed by atoms with Gasteiger partial charge >= 0.3 is 5.97 Å². The van der Waals surface area contributed by atoms with E-state index < -0.39 is 0 Å². The van der Waals surface area contributed by atoms with Crippen LogP contribution in [0.5, 0.6) is 0 Å². The Morgan fingerprint density at radius 2 is 2.32 bits per heavy atom. The van der Waals surface area contributed by atoms with Gasteiger partial charge in [0.15, 0.2) is 0 Å². The normalized spacial score (nSPS) is 18.3. The lowest BCUT2D eigenvalue weighted by Gasteiger charge is -2.19. The zero-order valence-corrected chi connectivity index (χ0v) is 12.6. The molecule has 1 aliphatic carbocycles. The summed E-state index contributed by atoms with van der Waals surface area (Å²) in [7, 11) is 1.39. The second-order valence-corrected chi connectivity index (χ2v) is 5.51. The van der Waals surface area contributed by atoms with Crippen LogP contribution in [-0.4, -0.2) is 19.1 Å². The molecule has 0 amide bonds. The Morgan fingerprint density at radius 1 is 1.47 bits per heavy atom. The van der Waals surface area contributed by atoms with Crippen molar-refractivity contribution in [2.24, 2.45) is 0 Å². The number of ether oxygens (including phenoxy) is 1. The van der Waals surface area contributed by atoms with Crippen molar-refractivity contribution in [3.8, 4) is 0 Å². The lowest BCUT2D eigenvalue weighted by atomic mass is 10.0. The molecular formula is C15H18BrNO2. The quantitative estimate of drug-likeness (QED) is 0.681. The molecule has 19 heavy (non-hydrogen) atoms. The number of hydrogen-bond donors (Lipinski definition) is 1. The number of halogens is 1. The number of carbonyl (C=O) groups excluding carboxylic acids is 1. The van der Waals surface area contributed by atoms with Gasteiger partial charge in [-0.1, -0.05) is 34.1 Å². The van der Waals surface area contributed by atoms with E-state index >= 15 is 0 Å². The predicted molar refractivity (Wildman–Crippen MR) is 79.1 cm³/mol. The maximum absolute atomic E-state index is 11.4. The summed E-state index contributed by atoms with van der Waals surface area (Å²) >= 11 is 3.51. The second-order valence-electron chi connectivity index (χ2n) is 4.66. The first kappa shape index (κ1) is 14.3. The summed E-state index contributed by atoms with van der Waals surface area (Å²) in [5.74, 6) is -0.308. The largest absolute Gasteiger partial charge is 0.465 e. The number of esters is 1. The first-order chi connectivity index (χ1) is 9.20. The Hall–Kier alpha value is -1.13. The van der Waals surface area contributed by atoms with Gasteiger partial charge < -0.3 is 10.1 Å². The van der Waals surface area contributed by atoms with Gasteiger partial charge in [0, 0.05) is 17.1 Å². The van der Waals surface area contributed by atoms with E-state index in [0.29, 0.717) is 11.6 Å². The molecule has 0 bridgehead atoms. The van der Waals surface area contributed by atoms with Gasteiger partial charge in [0.1, 0.15) is 0 Å². The first-order valence-electron chi connectivity index (χ1n) is 6.46. The lowest BCUT2D eigenvalue weighted by Crippen LogP contribution is -2.29. The van der Waals surface area contributed by atoms with Crippen molar-refractivity contribution in [3.05, 3.63) is 46.0 Å². The van der Waals surface area contributed by atoms with E-state index in [1.54, 1.807) is 6.07 Å². The van der Waals surface area contributed by atoms with Gasteiger partial charge in [-0.3, -0.25) is 0 Å². The van der Waals surface area contributed by atoms with E-state index in [-0.39, 0.29) is 5.97 Å². The molecule has 0 heterocycles. The molecule has 4 heteroatoms. The highest BCUT2D eigenvalue weighted by atomic mass is 79.9. The maximum atomic E-state index is 11.4. The van der Waals surface area contributed by atoms with Gasteiger partial charge in [-0.05, 0) is 37.0 Å². The van der Waals surface area contributed by atoms with Crippen LogP contribution in [0.3, 0.4) is 0 Å². The highest BCUT2D eigenvalue weighted by Gasteiger charge is 2.11. The van der Waals surface area contributed by atoms with Gasteiger partial charge in [-0.2, -0.15) is 0 Å². The van der Waals surface area contributed by atoms with Gasteiger partial charge in [0.25, 0.3) is 0 Å². The summed E-state index contributed by atoms with van der Waals surface area (Å²) in [4.78, 5) is 11.4. The minimum Gasteiger partial charge on any atom is -0.465 e. The molecule has 102 valence electrons. The number of carbonyl (C=O) groups is 1. The summed E-state index contributed by atoms with van der Waals surface area (Å²) in [6.45, 7) is 0.806. The summed E-state index contributed by atoms with van der Waals surface area (Å²) in [6.07, 6.45) is 7.90. The Bertz CT molecular complexity index is 485. The van der Waals surface area contributed by atoms with Crippen LogP contribution >= 0.6 is 15.9 Å². The molecule has 0 radical (unpaired) electrons. The molecule has 1 aliphatic rings. The van der Waals surface area contributed by atoms with Crippen LogP contribution in [0.25, 0.3) is 0 Å². The van der Waals surface area contributed by atoms with Crippen LogP contribution in [-0.2, 0) is 11.3 Å². The smallest absolute Gasteiger partial charge is 0.337 e.